The molecule has 0 radical (unpaired) electrons. The molecule has 0 saturated heterocycles. The van der Waals surface area contributed by atoms with Crippen LogP contribution in [0.2, 0.25) is 0 Å². The number of amides is 1. The normalized spacial score (nSPS) is 12.4. The van der Waals surface area contributed by atoms with E-state index in [-0.39, 0.29) is 11.9 Å². The average molecular weight is 303 g/mol. The van der Waals surface area contributed by atoms with E-state index in [4.69, 9.17) is 5.73 Å². The zero-order valence-corrected chi connectivity index (χ0v) is 13.2. The smallest absolute Gasteiger partial charge is 0.244 e. The molecule has 0 aliphatic rings. The Morgan fingerprint density at radius 3 is 2.62 bits per heavy atom. The Balaban J connectivity index is 2.05. The van der Waals surface area contributed by atoms with Crippen molar-refractivity contribution in [2.45, 2.75) is 32.4 Å². The minimum atomic E-state index is -0.607. The van der Waals surface area contributed by atoms with Crippen molar-refractivity contribution >= 4 is 17.2 Å². The van der Waals surface area contributed by atoms with Crippen LogP contribution in [0.4, 0.5) is 0 Å². The Bertz CT molecular complexity index is 554. The van der Waals surface area contributed by atoms with Gasteiger partial charge < -0.3 is 10.6 Å². The molecule has 112 valence electrons. The second-order valence-electron chi connectivity index (χ2n) is 5.19. The third-order valence-electron chi connectivity index (χ3n) is 3.38. The van der Waals surface area contributed by atoms with E-state index in [9.17, 15) is 4.79 Å². The van der Waals surface area contributed by atoms with Crippen molar-refractivity contribution in [2.24, 2.45) is 5.73 Å². The highest BCUT2D eigenvalue weighted by Crippen LogP contribution is 2.16. The topological polar surface area (TPSA) is 59.2 Å². The van der Waals surface area contributed by atoms with Crippen LogP contribution in [0.1, 0.15) is 30.5 Å². The molecule has 0 fully saturated rings. The van der Waals surface area contributed by atoms with Gasteiger partial charge in [0, 0.05) is 30.6 Å². The highest BCUT2D eigenvalue weighted by molar-refractivity contribution is 7.09. The minimum absolute atomic E-state index is 0.0345. The summed E-state index contributed by atoms with van der Waals surface area (Å²) in [5.41, 5.74) is 6.97. The molecule has 5 heteroatoms. The van der Waals surface area contributed by atoms with Crippen molar-refractivity contribution in [3.05, 3.63) is 52.5 Å². The summed E-state index contributed by atoms with van der Waals surface area (Å²) in [5, 5.41) is 2.99. The second kappa shape index (κ2) is 7.33. The van der Waals surface area contributed by atoms with E-state index in [2.05, 4.69) is 4.98 Å². The van der Waals surface area contributed by atoms with Crippen LogP contribution in [-0.4, -0.2) is 28.4 Å². The maximum atomic E-state index is 12.6. The monoisotopic (exact) mass is 303 g/mol. The molecule has 4 nitrogen and oxygen atoms in total. The molecule has 2 N–H and O–H groups in total. The number of nitrogens with two attached hydrogens (primary N) is 1. The first-order valence-electron chi connectivity index (χ1n) is 7.09. The minimum Gasteiger partial charge on any atom is -0.338 e. The third kappa shape index (κ3) is 4.12. The summed E-state index contributed by atoms with van der Waals surface area (Å²) in [7, 11) is 0. The van der Waals surface area contributed by atoms with Crippen molar-refractivity contribution in [1.29, 1.82) is 0 Å². The van der Waals surface area contributed by atoms with Gasteiger partial charge in [-0.25, -0.2) is 4.98 Å². The van der Waals surface area contributed by atoms with Gasteiger partial charge in [0.25, 0.3) is 0 Å². The SMILES string of the molecule is CC(C)N(CCc1nccs1)C(=O)[C@H](N)c1ccccc1. The van der Waals surface area contributed by atoms with Crippen LogP contribution in [0.5, 0.6) is 0 Å². The Morgan fingerprint density at radius 2 is 2.05 bits per heavy atom. The first-order chi connectivity index (χ1) is 10.1. The van der Waals surface area contributed by atoms with Crippen molar-refractivity contribution in [2.75, 3.05) is 6.54 Å². The predicted octanol–water partition coefficient (Wildman–Crippen LogP) is 2.62. The van der Waals surface area contributed by atoms with Crippen molar-refractivity contribution < 1.29 is 4.79 Å². The van der Waals surface area contributed by atoms with Crippen LogP contribution in [0.25, 0.3) is 0 Å². The number of carbonyl (C=O) groups excluding carboxylic acids is 1. The lowest BCUT2D eigenvalue weighted by Gasteiger charge is -2.29. The molecule has 0 aliphatic carbocycles. The molecule has 0 saturated carbocycles. The van der Waals surface area contributed by atoms with Crippen LogP contribution in [-0.2, 0) is 11.2 Å². The molecular weight excluding hydrogens is 282 g/mol. The standard InChI is InChI=1S/C16H21N3OS/c1-12(2)19(10-8-14-18-9-11-21-14)16(20)15(17)13-6-4-3-5-7-13/h3-7,9,11-12,15H,8,10,17H2,1-2H3/t15-/m1/s1. The molecule has 0 unspecified atom stereocenters. The fraction of sp³-hybridized carbons (Fsp3) is 0.375. The van der Waals surface area contributed by atoms with Crippen LogP contribution >= 0.6 is 11.3 Å². The summed E-state index contributed by atoms with van der Waals surface area (Å²) in [4.78, 5) is 18.7. The molecule has 1 amide bonds. The molecule has 1 aromatic heterocycles. The lowest BCUT2D eigenvalue weighted by Crippen LogP contribution is -2.43. The van der Waals surface area contributed by atoms with Gasteiger partial charge in [-0.3, -0.25) is 4.79 Å². The largest absolute Gasteiger partial charge is 0.338 e. The summed E-state index contributed by atoms with van der Waals surface area (Å²) in [5.74, 6) is -0.0345. The molecule has 0 aliphatic heterocycles. The summed E-state index contributed by atoms with van der Waals surface area (Å²) < 4.78 is 0. The van der Waals surface area contributed by atoms with Crippen LogP contribution < -0.4 is 5.73 Å². The summed E-state index contributed by atoms with van der Waals surface area (Å²) >= 11 is 1.61. The highest BCUT2D eigenvalue weighted by atomic mass is 32.1. The van der Waals surface area contributed by atoms with E-state index in [1.807, 2.05) is 54.5 Å². The van der Waals surface area contributed by atoms with Gasteiger partial charge in [-0.05, 0) is 19.4 Å². The number of carbonyl (C=O) groups is 1. The fourth-order valence-electron chi connectivity index (χ4n) is 2.20. The average Bonchev–Trinajstić information content (AvgIpc) is 3.00. The number of hydrogen-bond donors (Lipinski definition) is 1. The molecule has 1 heterocycles. The zero-order valence-electron chi connectivity index (χ0n) is 12.4. The van der Waals surface area contributed by atoms with Gasteiger partial charge in [-0.15, -0.1) is 11.3 Å². The van der Waals surface area contributed by atoms with Crippen molar-refractivity contribution in [3.63, 3.8) is 0 Å². The molecule has 2 rings (SSSR count). The van der Waals surface area contributed by atoms with Crippen LogP contribution in [0.15, 0.2) is 41.9 Å². The molecular formula is C16H21N3OS. The summed E-state index contributed by atoms with van der Waals surface area (Å²) in [6.45, 7) is 4.67. The van der Waals surface area contributed by atoms with E-state index in [0.29, 0.717) is 6.54 Å². The maximum absolute atomic E-state index is 12.6. The molecule has 2 aromatic rings. The number of nitrogens with zero attached hydrogens (tertiary/aromatic N) is 2. The van der Waals surface area contributed by atoms with Crippen LogP contribution in [0.3, 0.4) is 0 Å². The Kier molecular flexibility index (Phi) is 5.47. The van der Waals surface area contributed by atoms with Gasteiger partial charge in [-0.2, -0.15) is 0 Å². The molecule has 1 aromatic carbocycles. The number of hydrogen-bond acceptors (Lipinski definition) is 4. The first kappa shape index (κ1) is 15.7. The third-order valence-corrected chi connectivity index (χ3v) is 4.22. The Morgan fingerprint density at radius 1 is 1.33 bits per heavy atom. The number of thiazole rings is 1. The lowest BCUT2D eigenvalue weighted by molar-refractivity contribution is -0.134. The van der Waals surface area contributed by atoms with Gasteiger partial charge in [0.15, 0.2) is 0 Å². The Hall–Kier alpha value is -1.72. The summed E-state index contributed by atoms with van der Waals surface area (Å²) in [6, 6.07) is 9.01. The highest BCUT2D eigenvalue weighted by Gasteiger charge is 2.24. The maximum Gasteiger partial charge on any atom is 0.244 e. The van der Waals surface area contributed by atoms with Gasteiger partial charge >= 0.3 is 0 Å². The van der Waals surface area contributed by atoms with Crippen LogP contribution in [0, 0.1) is 0 Å². The van der Waals surface area contributed by atoms with E-state index < -0.39 is 6.04 Å². The molecule has 0 bridgehead atoms. The van der Waals surface area contributed by atoms with E-state index in [0.717, 1.165) is 17.0 Å². The summed E-state index contributed by atoms with van der Waals surface area (Å²) in [6.07, 6.45) is 2.56. The van der Waals surface area contributed by atoms with Gasteiger partial charge in [0.2, 0.25) is 5.91 Å². The number of rotatable bonds is 6. The molecule has 21 heavy (non-hydrogen) atoms. The quantitative estimate of drug-likeness (QED) is 0.892. The van der Waals surface area contributed by atoms with Crippen molar-refractivity contribution in [1.82, 2.24) is 9.88 Å². The Labute approximate surface area is 129 Å². The van der Waals surface area contributed by atoms with Gasteiger partial charge in [0.05, 0.1) is 5.01 Å². The number of aromatic nitrogens is 1. The predicted molar refractivity (Wildman–Crippen MR) is 86.0 cm³/mol. The van der Waals surface area contributed by atoms with E-state index in [1.165, 1.54) is 0 Å². The number of benzene rings is 1. The van der Waals surface area contributed by atoms with E-state index >= 15 is 0 Å². The molecule has 1 atom stereocenters. The fourth-order valence-corrected chi connectivity index (χ4v) is 2.81. The first-order valence-corrected chi connectivity index (χ1v) is 7.97. The van der Waals surface area contributed by atoms with Crippen molar-refractivity contribution in [3.8, 4) is 0 Å². The lowest BCUT2D eigenvalue weighted by atomic mass is 10.1. The van der Waals surface area contributed by atoms with E-state index in [1.54, 1.807) is 17.5 Å². The van der Waals surface area contributed by atoms with Gasteiger partial charge in [-0.1, -0.05) is 30.3 Å². The molecule has 0 spiro atoms. The zero-order chi connectivity index (χ0) is 15.2. The second-order valence-corrected chi connectivity index (χ2v) is 6.17. The van der Waals surface area contributed by atoms with Gasteiger partial charge in [0.1, 0.15) is 6.04 Å².